The van der Waals surface area contributed by atoms with Gasteiger partial charge in [-0.25, -0.2) is 8.42 Å². The molecular formula is C8H15NO4S2. The second-order valence-corrected chi connectivity index (χ2v) is 6.56. The van der Waals surface area contributed by atoms with Gasteiger partial charge in [0.25, 0.3) is 0 Å². The zero-order valence-corrected chi connectivity index (χ0v) is 10.2. The fourth-order valence-electron chi connectivity index (χ4n) is 1.48. The summed E-state index contributed by atoms with van der Waals surface area (Å²) in [6, 6.07) is 0. The van der Waals surface area contributed by atoms with E-state index < -0.39 is 21.5 Å². The topological polar surface area (TPSA) is 83.5 Å². The summed E-state index contributed by atoms with van der Waals surface area (Å²) in [6.07, 6.45) is 0.841. The third-order valence-electron chi connectivity index (χ3n) is 2.25. The van der Waals surface area contributed by atoms with Crippen LogP contribution in [0.2, 0.25) is 0 Å². The summed E-state index contributed by atoms with van der Waals surface area (Å²) in [6.45, 7) is 1.75. The first-order chi connectivity index (χ1) is 6.92. The van der Waals surface area contributed by atoms with E-state index in [2.05, 4.69) is 4.72 Å². The van der Waals surface area contributed by atoms with Crippen LogP contribution in [-0.2, 0) is 14.8 Å². The lowest BCUT2D eigenvalue weighted by Gasteiger charge is -2.24. The van der Waals surface area contributed by atoms with Crippen LogP contribution < -0.4 is 4.72 Å². The van der Waals surface area contributed by atoms with Crippen molar-refractivity contribution in [2.45, 2.75) is 25.3 Å². The number of hydrogen-bond acceptors (Lipinski definition) is 4. The second kappa shape index (κ2) is 4.71. The Labute approximate surface area is 93.7 Å². The van der Waals surface area contributed by atoms with Gasteiger partial charge in [0.05, 0.1) is 5.75 Å². The molecule has 1 rings (SSSR count). The van der Waals surface area contributed by atoms with Gasteiger partial charge in [-0.15, -0.1) is 0 Å². The molecule has 1 fully saturated rings. The molecule has 1 aliphatic heterocycles. The summed E-state index contributed by atoms with van der Waals surface area (Å²) < 4.78 is 25.3. The highest BCUT2D eigenvalue weighted by Gasteiger charge is 2.44. The van der Waals surface area contributed by atoms with Crippen molar-refractivity contribution in [1.82, 2.24) is 4.72 Å². The van der Waals surface area contributed by atoms with E-state index in [4.69, 9.17) is 5.11 Å². The first-order valence-corrected chi connectivity index (χ1v) is 7.55. The lowest BCUT2D eigenvalue weighted by Crippen LogP contribution is -2.55. The average molecular weight is 253 g/mol. The number of aliphatic carboxylic acids is 1. The van der Waals surface area contributed by atoms with Crippen LogP contribution >= 0.6 is 11.8 Å². The van der Waals surface area contributed by atoms with Gasteiger partial charge in [-0.3, -0.25) is 4.79 Å². The van der Waals surface area contributed by atoms with Crippen LogP contribution in [-0.4, -0.2) is 42.3 Å². The average Bonchev–Trinajstić information content (AvgIpc) is 2.52. The Morgan fingerprint density at radius 3 is 2.67 bits per heavy atom. The Hall–Kier alpha value is -0.270. The summed E-state index contributed by atoms with van der Waals surface area (Å²) in [5.41, 5.74) is -1.28. The molecule has 0 aromatic heterocycles. The van der Waals surface area contributed by atoms with Gasteiger partial charge in [0.2, 0.25) is 10.0 Å². The zero-order valence-electron chi connectivity index (χ0n) is 8.52. The quantitative estimate of drug-likeness (QED) is 0.735. The molecule has 0 aromatic carbocycles. The zero-order chi connectivity index (χ0) is 11.5. The third-order valence-corrected chi connectivity index (χ3v) is 5.09. The number of rotatable bonds is 5. The summed E-state index contributed by atoms with van der Waals surface area (Å²) in [4.78, 5) is 11.1. The minimum Gasteiger partial charge on any atom is -0.480 e. The Morgan fingerprint density at radius 1 is 1.60 bits per heavy atom. The molecule has 0 radical (unpaired) electrons. The van der Waals surface area contributed by atoms with E-state index in [-0.39, 0.29) is 5.75 Å². The van der Waals surface area contributed by atoms with E-state index in [0.717, 1.165) is 0 Å². The second-order valence-electron chi connectivity index (χ2n) is 3.61. The maximum Gasteiger partial charge on any atom is 0.325 e. The highest BCUT2D eigenvalue weighted by Crippen LogP contribution is 2.29. The van der Waals surface area contributed by atoms with Crippen LogP contribution in [0.3, 0.4) is 0 Å². The summed E-state index contributed by atoms with van der Waals surface area (Å²) in [5, 5.41) is 9.06. The van der Waals surface area contributed by atoms with Crippen molar-refractivity contribution >= 4 is 27.8 Å². The fourth-order valence-corrected chi connectivity index (χ4v) is 4.39. The SMILES string of the molecule is CCCS(=O)(=O)NC1(C(=O)O)CCSC1. The Balaban J connectivity index is 2.80. The van der Waals surface area contributed by atoms with Gasteiger partial charge in [0.15, 0.2) is 0 Å². The minimum atomic E-state index is -3.46. The number of sulfonamides is 1. The van der Waals surface area contributed by atoms with E-state index in [0.29, 0.717) is 24.3 Å². The Bertz CT molecular complexity index is 333. The molecule has 0 spiro atoms. The highest BCUT2D eigenvalue weighted by atomic mass is 32.2. The van der Waals surface area contributed by atoms with Crippen LogP contribution in [0, 0.1) is 0 Å². The Kier molecular flexibility index (Phi) is 4.02. The molecule has 1 saturated heterocycles. The van der Waals surface area contributed by atoms with Crippen LogP contribution in [0.4, 0.5) is 0 Å². The van der Waals surface area contributed by atoms with Gasteiger partial charge in [0, 0.05) is 5.75 Å². The van der Waals surface area contributed by atoms with Crippen LogP contribution in [0.15, 0.2) is 0 Å². The van der Waals surface area contributed by atoms with E-state index in [1.165, 1.54) is 11.8 Å². The predicted octanol–water partition coefficient (Wildman–Crippen LogP) is 0.276. The minimum absolute atomic E-state index is 0.0211. The van der Waals surface area contributed by atoms with Crippen molar-refractivity contribution in [3.63, 3.8) is 0 Å². The molecule has 0 saturated carbocycles. The van der Waals surface area contributed by atoms with Gasteiger partial charge in [0.1, 0.15) is 5.54 Å². The van der Waals surface area contributed by atoms with E-state index in [9.17, 15) is 13.2 Å². The number of carboxylic acids is 1. The maximum absolute atomic E-state index is 11.5. The van der Waals surface area contributed by atoms with Crippen molar-refractivity contribution in [3.8, 4) is 0 Å². The monoisotopic (exact) mass is 253 g/mol. The molecular weight excluding hydrogens is 238 g/mol. The van der Waals surface area contributed by atoms with Gasteiger partial charge in [-0.2, -0.15) is 16.5 Å². The van der Waals surface area contributed by atoms with Crippen molar-refractivity contribution in [1.29, 1.82) is 0 Å². The summed E-state index contributed by atoms with van der Waals surface area (Å²) in [5.74, 6) is -0.106. The van der Waals surface area contributed by atoms with E-state index >= 15 is 0 Å². The Morgan fingerprint density at radius 2 is 2.27 bits per heavy atom. The molecule has 7 heteroatoms. The van der Waals surface area contributed by atoms with Gasteiger partial charge >= 0.3 is 5.97 Å². The molecule has 0 aliphatic carbocycles. The van der Waals surface area contributed by atoms with E-state index in [1.54, 1.807) is 6.92 Å². The first-order valence-electron chi connectivity index (χ1n) is 4.75. The summed E-state index contributed by atoms with van der Waals surface area (Å²) in [7, 11) is -3.46. The van der Waals surface area contributed by atoms with Crippen LogP contribution in [0.1, 0.15) is 19.8 Å². The molecule has 2 N–H and O–H groups in total. The number of carbonyl (C=O) groups is 1. The number of nitrogens with one attached hydrogen (secondary N) is 1. The molecule has 15 heavy (non-hydrogen) atoms. The summed E-state index contributed by atoms with van der Waals surface area (Å²) >= 11 is 1.46. The van der Waals surface area contributed by atoms with Crippen molar-refractivity contribution in [2.24, 2.45) is 0 Å². The van der Waals surface area contributed by atoms with Crippen LogP contribution in [0.25, 0.3) is 0 Å². The van der Waals surface area contributed by atoms with Gasteiger partial charge in [-0.1, -0.05) is 6.92 Å². The standard InChI is InChI=1S/C8H15NO4S2/c1-2-5-15(12,13)9-8(7(10)11)3-4-14-6-8/h9H,2-6H2,1H3,(H,10,11). The molecule has 0 amide bonds. The highest BCUT2D eigenvalue weighted by molar-refractivity contribution is 7.99. The van der Waals surface area contributed by atoms with E-state index in [1.807, 2.05) is 0 Å². The molecule has 1 aliphatic rings. The van der Waals surface area contributed by atoms with Crippen LogP contribution in [0.5, 0.6) is 0 Å². The fraction of sp³-hybridized carbons (Fsp3) is 0.875. The maximum atomic E-state index is 11.5. The molecule has 0 bridgehead atoms. The third kappa shape index (κ3) is 3.09. The lowest BCUT2D eigenvalue weighted by atomic mass is 10.0. The van der Waals surface area contributed by atoms with Crippen molar-refractivity contribution in [3.05, 3.63) is 0 Å². The number of thioether (sulfide) groups is 1. The largest absolute Gasteiger partial charge is 0.480 e. The van der Waals surface area contributed by atoms with Crippen molar-refractivity contribution in [2.75, 3.05) is 17.3 Å². The van der Waals surface area contributed by atoms with Gasteiger partial charge in [-0.05, 0) is 18.6 Å². The molecule has 1 heterocycles. The first kappa shape index (κ1) is 12.8. The molecule has 1 unspecified atom stereocenters. The smallest absolute Gasteiger partial charge is 0.325 e. The molecule has 0 aromatic rings. The molecule has 1 atom stereocenters. The van der Waals surface area contributed by atoms with Gasteiger partial charge < -0.3 is 5.11 Å². The number of carboxylic acid groups (broad SMARTS) is 1. The molecule has 5 nitrogen and oxygen atoms in total. The number of hydrogen-bond donors (Lipinski definition) is 2. The predicted molar refractivity (Wildman–Crippen MR) is 59.5 cm³/mol. The lowest BCUT2D eigenvalue weighted by molar-refractivity contribution is -0.142. The normalized spacial score (nSPS) is 26.7. The molecule has 88 valence electrons. The van der Waals surface area contributed by atoms with Crippen molar-refractivity contribution < 1.29 is 18.3 Å².